The van der Waals surface area contributed by atoms with E-state index in [9.17, 15) is 4.79 Å². The third-order valence-corrected chi connectivity index (χ3v) is 4.88. The second kappa shape index (κ2) is 8.50. The van der Waals surface area contributed by atoms with Gasteiger partial charge in [0.25, 0.3) is 0 Å². The van der Waals surface area contributed by atoms with Gasteiger partial charge in [0.2, 0.25) is 5.91 Å². The topological polar surface area (TPSA) is 59.0 Å². The highest BCUT2D eigenvalue weighted by Gasteiger charge is 2.35. The summed E-state index contributed by atoms with van der Waals surface area (Å²) in [7, 11) is 1.91. The smallest absolute Gasteiger partial charge is 0.225 e. The first-order valence-electron chi connectivity index (χ1n) is 8.58. The molecule has 1 amide bonds. The average molecular weight is 363 g/mol. The number of carbonyl (C=O) groups is 1. The normalized spacial score (nSPS) is 20.8. The minimum Gasteiger partial charge on any atom is -0.353 e. The molecule has 6 heteroatoms. The molecule has 1 aromatic heterocycles. The Bertz CT molecular complexity index is 715. The number of aryl methyl sites for hydroxylation is 2. The van der Waals surface area contributed by atoms with Crippen LogP contribution in [-0.2, 0) is 18.3 Å². The van der Waals surface area contributed by atoms with Crippen LogP contribution in [0.2, 0.25) is 0 Å². The maximum Gasteiger partial charge on any atom is 0.225 e. The fourth-order valence-corrected chi connectivity index (χ4v) is 3.51. The van der Waals surface area contributed by atoms with Crippen LogP contribution in [0.25, 0.3) is 0 Å². The van der Waals surface area contributed by atoms with Gasteiger partial charge in [-0.2, -0.15) is 5.10 Å². The fraction of sp³-hybridized carbons (Fsp3) is 0.474. The van der Waals surface area contributed by atoms with Crippen molar-refractivity contribution in [1.29, 1.82) is 0 Å². The van der Waals surface area contributed by atoms with Crippen molar-refractivity contribution >= 4 is 18.3 Å². The van der Waals surface area contributed by atoms with E-state index < -0.39 is 0 Å². The van der Waals surface area contributed by atoms with Crippen LogP contribution in [0.3, 0.4) is 0 Å². The maximum absolute atomic E-state index is 12.7. The lowest BCUT2D eigenvalue weighted by Gasteiger charge is -2.21. The highest BCUT2D eigenvalue weighted by Crippen LogP contribution is 2.28. The first-order chi connectivity index (χ1) is 11.5. The van der Waals surface area contributed by atoms with Crippen molar-refractivity contribution in [1.82, 2.24) is 20.4 Å². The lowest BCUT2D eigenvalue weighted by molar-refractivity contribution is -0.125. The van der Waals surface area contributed by atoms with E-state index in [4.69, 9.17) is 0 Å². The van der Waals surface area contributed by atoms with Crippen LogP contribution in [0, 0.1) is 12.8 Å². The molecule has 1 unspecified atom stereocenters. The number of nitrogens with zero attached hydrogens (tertiary/aromatic N) is 2. The molecule has 1 aliphatic rings. The second-order valence-electron chi connectivity index (χ2n) is 6.86. The van der Waals surface area contributed by atoms with Crippen molar-refractivity contribution in [3.63, 3.8) is 0 Å². The summed E-state index contributed by atoms with van der Waals surface area (Å²) < 4.78 is 1.80. The summed E-state index contributed by atoms with van der Waals surface area (Å²) in [5, 5.41) is 10.8. The molecular weight excluding hydrogens is 336 g/mol. The summed E-state index contributed by atoms with van der Waals surface area (Å²) in [6.07, 6.45) is 4.74. The Balaban J connectivity index is 0.00000225. The van der Waals surface area contributed by atoms with Gasteiger partial charge in [-0.05, 0) is 37.0 Å². The number of rotatable bonds is 5. The van der Waals surface area contributed by atoms with Gasteiger partial charge in [0.05, 0.1) is 12.1 Å². The second-order valence-corrected chi connectivity index (χ2v) is 6.86. The van der Waals surface area contributed by atoms with Crippen LogP contribution in [0.15, 0.2) is 36.7 Å². The molecule has 2 heterocycles. The largest absolute Gasteiger partial charge is 0.353 e. The number of nitrogens with one attached hydrogen (secondary N) is 2. The number of carbonyl (C=O) groups excluding carboxylic acids is 1. The molecular formula is C19H27ClN4O. The lowest BCUT2D eigenvalue weighted by atomic mass is 9.90. The third kappa shape index (κ3) is 4.61. The highest BCUT2D eigenvalue weighted by atomic mass is 35.5. The predicted octanol–water partition coefficient (Wildman–Crippen LogP) is 2.20. The first-order valence-corrected chi connectivity index (χ1v) is 8.58. The van der Waals surface area contributed by atoms with Crippen molar-refractivity contribution in [3.05, 3.63) is 53.3 Å². The quantitative estimate of drug-likeness (QED) is 0.857. The molecule has 0 saturated carbocycles. The van der Waals surface area contributed by atoms with Crippen molar-refractivity contribution < 1.29 is 4.79 Å². The van der Waals surface area contributed by atoms with Crippen LogP contribution in [0.1, 0.15) is 29.5 Å². The fourth-order valence-electron chi connectivity index (χ4n) is 3.51. The summed E-state index contributed by atoms with van der Waals surface area (Å²) in [5.74, 6) is 0.299. The molecule has 2 N–H and O–H groups in total. The molecule has 2 aromatic rings. The van der Waals surface area contributed by atoms with Gasteiger partial charge in [-0.1, -0.05) is 24.3 Å². The molecule has 3 rings (SSSR count). The SMILES string of the molecule is Cc1ccccc1CC(C)NC(=O)[C@H]1CNC[C@@H]1c1cnn(C)c1.Cl. The Labute approximate surface area is 155 Å². The number of halogens is 1. The summed E-state index contributed by atoms with van der Waals surface area (Å²) in [4.78, 5) is 12.7. The molecule has 1 fully saturated rings. The zero-order valence-corrected chi connectivity index (χ0v) is 15.8. The molecule has 136 valence electrons. The van der Waals surface area contributed by atoms with Crippen LogP contribution >= 0.6 is 12.4 Å². The van der Waals surface area contributed by atoms with Crippen molar-refractivity contribution in [2.75, 3.05) is 13.1 Å². The Morgan fingerprint density at radius 1 is 1.40 bits per heavy atom. The number of hydrogen-bond acceptors (Lipinski definition) is 3. The first kappa shape index (κ1) is 19.5. The Hall–Kier alpha value is -1.85. The molecule has 1 saturated heterocycles. The number of benzene rings is 1. The molecule has 0 radical (unpaired) electrons. The number of amides is 1. The molecule has 0 spiro atoms. The van der Waals surface area contributed by atoms with E-state index in [-0.39, 0.29) is 36.2 Å². The van der Waals surface area contributed by atoms with E-state index in [2.05, 4.69) is 47.8 Å². The molecule has 1 aliphatic heterocycles. The number of aromatic nitrogens is 2. The summed E-state index contributed by atoms with van der Waals surface area (Å²) in [6, 6.07) is 8.46. The molecule has 5 nitrogen and oxygen atoms in total. The molecule has 3 atom stereocenters. The van der Waals surface area contributed by atoms with E-state index in [1.807, 2.05) is 25.5 Å². The van der Waals surface area contributed by atoms with Gasteiger partial charge in [0, 0.05) is 38.3 Å². The zero-order chi connectivity index (χ0) is 17.1. The van der Waals surface area contributed by atoms with Gasteiger partial charge >= 0.3 is 0 Å². The van der Waals surface area contributed by atoms with Crippen molar-refractivity contribution in [2.45, 2.75) is 32.2 Å². The van der Waals surface area contributed by atoms with Crippen molar-refractivity contribution in [2.24, 2.45) is 13.0 Å². The van der Waals surface area contributed by atoms with Gasteiger partial charge in [0.1, 0.15) is 0 Å². The predicted molar refractivity (Wildman–Crippen MR) is 102 cm³/mol. The van der Waals surface area contributed by atoms with Gasteiger partial charge in [-0.25, -0.2) is 0 Å². The van der Waals surface area contributed by atoms with Crippen LogP contribution in [0.5, 0.6) is 0 Å². The Morgan fingerprint density at radius 3 is 2.84 bits per heavy atom. The third-order valence-electron chi connectivity index (χ3n) is 4.88. The molecule has 25 heavy (non-hydrogen) atoms. The van der Waals surface area contributed by atoms with Crippen LogP contribution < -0.4 is 10.6 Å². The Morgan fingerprint density at radius 2 is 2.16 bits per heavy atom. The van der Waals surface area contributed by atoms with E-state index in [0.717, 1.165) is 25.1 Å². The lowest BCUT2D eigenvalue weighted by Crippen LogP contribution is -2.40. The average Bonchev–Trinajstić information content (AvgIpc) is 3.18. The summed E-state index contributed by atoms with van der Waals surface area (Å²) >= 11 is 0. The van der Waals surface area contributed by atoms with Crippen molar-refractivity contribution in [3.8, 4) is 0 Å². The monoisotopic (exact) mass is 362 g/mol. The minimum atomic E-state index is -0.0338. The van der Waals surface area contributed by atoms with Gasteiger partial charge < -0.3 is 10.6 Å². The summed E-state index contributed by atoms with van der Waals surface area (Å²) in [5.41, 5.74) is 3.70. The zero-order valence-electron chi connectivity index (χ0n) is 15.0. The molecule has 1 aromatic carbocycles. The van der Waals surface area contributed by atoms with Gasteiger partial charge in [-0.3, -0.25) is 9.48 Å². The minimum absolute atomic E-state index is 0. The van der Waals surface area contributed by atoms with E-state index >= 15 is 0 Å². The number of hydrogen-bond donors (Lipinski definition) is 2. The van der Waals surface area contributed by atoms with E-state index in [1.54, 1.807) is 4.68 Å². The molecule has 0 aliphatic carbocycles. The van der Waals surface area contributed by atoms with Gasteiger partial charge in [-0.15, -0.1) is 12.4 Å². The Kier molecular flexibility index (Phi) is 6.62. The molecule has 0 bridgehead atoms. The standard InChI is InChI=1S/C19H26N4O.ClH/c1-13-6-4-5-7-15(13)8-14(2)22-19(24)18-11-20-10-17(18)16-9-21-23(3)12-16;/h4-7,9,12,14,17-18,20H,8,10-11H2,1-3H3,(H,22,24);1H/t14?,17-,18+;/m1./s1. The van der Waals surface area contributed by atoms with Gasteiger partial charge in [0.15, 0.2) is 0 Å². The highest BCUT2D eigenvalue weighted by molar-refractivity contribution is 5.85. The van der Waals surface area contributed by atoms with Crippen LogP contribution in [0.4, 0.5) is 0 Å². The summed E-state index contributed by atoms with van der Waals surface area (Å²) in [6.45, 7) is 5.74. The van der Waals surface area contributed by atoms with E-state index in [1.165, 1.54) is 11.1 Å². The van der Waals surface area contributed by atoms with Crippen LogP contribution in [-0.4, -0.2) is 34.8 Å². The van der Waals surface area contributed by atoms with E-state index in [0.29, 0.717) is 0 Å². The maximum atomic E-state index is 12.7.